The third kappa shape index (κ3) is 3.55. The molecule has 10 atom stereocenters. The molecule has 1 spiro atoms. The molecule has 42 heavy (non-hydrogen) atoms. The number of aromatic nitrogens is 2. The van der Waals surface area contributed by atoms with E-state index >= 15 is 0 Å². The van der Waals surface area contributed by atoms with Gasteiger partial charge >= 0.3 is 264 Å². The van der Waals surface area contributed by atoms with Gasteiger partial charge in [-0.2, -0.15) is 0 Å². The Kier molecular flexibility index (Phi) is 6.32. The molecule has 1 aromatic rings. The number of alkyl halides is 3. The monoisotopic (exact) mass is 676 g/mol. The summed E-state index contributed by atoms with van der Waals surface area (Å²) in [7, 11) is 0. The molecule has 0 radical (unpaired) electrons. The zero-order valence-electron chi connectivity index (χ0n) is 27.1. The van der Waals surface area contributed by atoms with Crippen molar-refractivity contribution in [3.63, 3.8) is 0 Å². The minimum atomic E-state index is -1.19. The van der Waals surface area contributed by atoms with E-state index in [4.69, 9.17) is 16.5 Å². The van der Waals surface area contributed by atoms with Crippen LogP contribution in [0.15, 0.2) is 53.9 Å². The van der Waals surface area contributed by atoms with Crippen molar-refractivity contribution in [3.8, 4) is 0 Å². The molecule has 0 aromatic carbocycles. The summed E-state index contributed by atoms with van der Waals surface area (Å²) in [6, 6.07) is 0. The molecule has 0 N–H and O–H groups in total. The molecule has 5 aliphatic carbocycles. The Hall–Kier alpha value is -1.23. The van der Waals surface area contributed by atoms with Crippen LogP contribution in [0, 0.1) is 51.8 Å². The van der Waals surface area contributed by atoms with Gasteiger partial charge < -0.3 is 0 Å². The van der Waals surface area contributed by atoms with Gasteiger partial charge in [0.2, 0.25) is 0 Å². The van der Waals surface area contributed by atoms with Crippen molar-refractivity contribution in [3.05, 3.63) is 65.3 Å². The van der Waals surface area contributed by atoms with E-state index in [-0.39, 0.29) is 0 Å². The zero-order chi connectivity index (χ0) is 29.3. The van der Waals surface area contributed by atoms with Crippen LogP contribution in [0.2, 0.25) is 0 Å². The number of nitrogens with zero attached hydrogens (tertiary/aromatic N) is 2. The summed E-state index contributed by atoms with van der Waals surface area (Å²) in [5, 5.41) is 0. The van der Waals surface area contributed by atoms with Gasteiger partial charge in [0.05, 0.1) is 0 Å². The van der Waals surface area contributed by atoms with E-state index < -0.39 is 19.8 Å². The van der Waals surface area contributed by atoms with E-state index in [9.17, 15) is 0 Å². The van der Waals surface area contributed by atoms with E-state index in [0.717, 1.165) is 56.1 Å². The summed E-state index contributed by atoms with van der Waals surface area (Å²) >= 11 is -1.19. The van der Waals surface area contributed by atoms with Gasteiger partial charge in [0.1, 0.15) is 0 Å². The Morgan fingerprint density at radius 2 is 1.81 bits per heavy atom. The molecule has 1 aromatic heterocycles. The predicted octanol–water partition coefficient (Wildman–Crippen LogP) is 10.0. The zero-order valence-corrected chi connectivity index (χ0v) is 29.3. The van der Waals surface area contributed by atoms with Crippen molar-refractivity contribution in [1.82, 2.24) is 9.97 Å². The van der Waals surface area contributed by atoms with Crippen LogP contribution in [0.3, 0.4) is 0 Å². The van der Waals surface area contributed by atoms with Crippen LogP contribution in [0.25, 0.3) is 5.57 Å². The molecule has 5 fully saturated rings. The van der Waals surface area contributed by atoms with Crippen molar-refractivity contribution < 1.29 is 0 Å². The second-order valence-corrected chi connectivity index (χ2v) is 22.8. The quantitative estimate of drug-likeness (QED) is 0.222. The Labute approximate surface area is 262 Å². The number of hydrogen-bond acceptors (Lipinski definition) is 2. The van der Waals surface area contributed by atoms with Gasteiger partial charge in [-0.05, 0) is 0 Å². The molecular weight excluding hydrogens is 623 g/mol. The Morgan fingerprint density at radius 3 is 2.50 bits per heavy atom. The molecule has 3 heterocycles. The van der Waals surface area contributed by atoms with Gasteiger partial charge in [0.25, 0.3) is 0 Å². The second kappa shape index (κ2) is 9.39. The standard InChI is InChI=1S/C39H53IN2/c1-9-29-23(4)15-26(16-24(29)5)17-28-10-11-33-37(28,7)13-12-34-38(8)25(6)30(36-41-20-27(21-42-36)14-22(2)3)18-31-35-32(19-40(33)34)39(31,35)38/h18,20-22,26,28,31-35H,4,6,9-17,19H2,1-3,5,7-8H3. The Morgan fingerprint density at radius 1 is 1.05 bits per heavy atom. The third-order valence-electron chi connectivity index (χ3n) is 14.2. The van der Waals surface area contributed by atoms with E-state index in [1.54, 1.807) is 15.6 Å². The van der Waals surface area contributed by atoms with Gasteiger partial charge in [-0.15, -0.1) is 0 Å². The Bertz CT molecular complexity index is 1420. The first kappa shape index (κ1) is 28.3. The Balaban J connectivity index is 1.04. The van der Waals surface area contributed by atoms with E-state index in [0.29, 0.717) is 22.2 Å². The predicted molar refractivity (Wildman–Crippen MR) is 185 cm³/mol. The van der Waals surface area contributed by atoms with Crippen molar-refractivity contribution in [2.24, 2.45) is 51.8 Å². The molecular formula is C39H53IN2. The average Bonchev–Trinajstić information content (AvgIpc) is 3.78. The maximum absolute atomic E-state index is 4.96. The molecule has 0 bridgehead atoms. The number of halogens is 1. The van der Waals surface area contributed by atoms with Crippen LogP contribution in [0.4, 0.5) is 0 Å². The van der Waals surface area contributed by atoms with Crippen LogP contribution in [0.1, 0.15) is 104 Å². The molecule has 2 aliphatic heterocycles. The molecule has 7 aliphatic rings. The van der Waals surface area contributed by atoms with Crippen molar-refractivity contribution >= 4 is 25.4 Å². The molecule has 2 saturated heterocycles. The van der Waals surface area contributed by atoms with Crippen LogP contribution < -0.4 is 0 Å². The summed E-state index contributed by atoms with van der Waals surface area (Å²) in [6.07, 6.45) is 19.0. The number of rotatable bonds is 6. The normalized spacial score (nSPS) is 45.7. The molecule has 8 rings (SSSR count). The van der Waals surface area contributed by atoms with E-state index in [1.165, 1.54) is 67.2 Å². The molecule has 3 heteroatoms. The molecule has 226 valence electrons. The van der Waals surface area contributed by atoms with E-state index in [2.05, 4.69) is 66.6 Å². The van der Waals surface area contributed by atoms with Crippen molar-refractivity contribution in [2.75, 3.05) is 4.43 Å². The van der Waals surface area contributed by atoms with Crippen LogP contribution in [0.5, 0.6) is 0 Å². The maximum atomic E-state index is 4.96. The third-order valence-corrected chi connectivity index (χ3v) is 23.9. The summed E-state index contributed by atoms with van der Waals surface area (Å²) in [5.41, 5.74) is 10.1. The van der Waals surface area contributed by atoms with E-state index in [1.807, 2.05) is 0 Å². The topological polar surface area (TPSA) is 25.8 Å². The molecule has 3 saturated carbocycles. The van der Waals surface area contributed by atoms with Gasteiger partial charge in [0, 0.05) is 0 Å². The molecule has 0 amide bonds. The first-order valence-electron chi connectivity index (χ1n) is 17.3. The fraction of sp³-hybridized carbons (Fsp3) is 0.692. The fourth-order valence-electron chi connectivity index (χ4n) is 12.2. The van der Waals surface area contributed by atoms with Crippen LogP contribution >= 0.6 is 19.8 Å². The molecule has 2 nitrogen and oxygen atoms in total. The second-order valence-electron chi connectivity index (χ2n) is 16.4. The summed E-state index contributed by atoms with van der Waals surface area (Å²) < 4.78 is 3.66. The van der Waals surface area contributed by atoms with Gasteiger partial charge in [-0.25, -0.2) is 0 Å². The average molecular weight is 677 g/mol. The number of hydrogen-bond donors (Lipinski definition) is 0. The summed E-state index contributed by atoms with van der Waals surface area (Å²) in [6.45, 7) is 24.2. The van der Waals surface area contributed by atoms with Crippen LogP contribution in [-0.2, 0) is 6.42 Å². The number of allylic oxidation sites excluding steroid dienone is 6. The SMILES string of the molecule is C=C1CC(CC2CCC3I4CC5C6C7C=C(c8ncc(CC(C)C)cn8)C(=C)C(C)(C4CCC23C)C756)CC(C)=C1CC. The van der Waals surface area contributed by atoms with Gasteiger partial charge in [0.15, 0.2) is 0 Å². The van der Waals surface area contributed by atoms with Gasteiger partial charge in [-0.1, -0.05) is 0 Å². The summed E-state index contributed by atoms with van der Waals surface area (Å²) in [5.74, 6) is 6.08. The van der Waals surface area contributed by atoms with Crippen LogP contribution in [-0.4, -0.2) is 22.2 Å². The van der Waals surface area contributed by atoms with Crippen molar-refractivity contribution in [1.29, 1.82) is 0 Å². The first-order chi connectivity index (χ1) is 20.0. The number of fused-ring (bicyclic) bond motifs is 6. The summed E-state index contributed by atoms with van der Waals surface area (Å²) in [4.78, 5) is 9.90. The van der Waals surface area contributed by atoms with Gasteiger partial charge in [-0.3, -0.25) is 0 Å². The fourth-order valence-corrected chi connectivity index (χ4v) is 24.3. The minimum absolute atomic E-state index is 0.291. The van der Waals surface area contributed by atoms with Crippen molar-refractivity contribution in [2.45, 2.75) is 107 Å². The molecule has 10 unspecified atom stereocenters. The first-order valence-corrected chi connectivity index (χ1v) is 21.3.